The van der Waals surface area contributed by atoms with E-state index in [2.05, 4.69) is 16.4 Å². The number of fused-ring (bicyclic) bond motifs is 1. The summed E-state index contributed by atoms with van der Waals surface area (Å²) >= 11 is 1.58. The van der Waals surface area contributed by atoms with Crippen molar-refractivity contribution < 1.29 is 9.18 Å². The van der Waals surface area contributed by atoms with Gasteiger partial charge in [-0.2, -0.15) is 0 Å². The molecule has 5 aromatic rings. The standard InChI is InChI=1S/C26H19FN4OS/c1-15-10-18(4-8-22(15)27)25-21(17-5-9-23-24(11-17)33-14-30-23)12-20(13-29-25)31-19-6-2-16(3-7-19)26(28)32/h2-14,31H,1H3,(H2,28,32). The van der Waals surface area contributed by atoms with Gasteiger partial charge in [0.15, 0.2) is 0 Å². The Bertz CT molecular complexity index is 1490. The van der Waals surface area contributed by atoms with Crippen LogP contribution in [-0.2, 0) is 0 Å². The van der Waals surface area contributed by atoms with Crippen LogP contribution in [0.2, 0.25) is 0 Å². The normalized spacial score (nSPS) is 11.0. The second kappa shape index (κ2) is 8.44. The first-order valence-electron chi connectivity index (χ1n) is 10.2. The van der Waals surface area contributed by atoms with Gasteiger partial charge in [0.2, 0.25) is 5.91 Å². The Hall–Kier alpha value is -4.10. The minimum Gasteiger partial charge on any atom is -0.366 e. The fourth-order valence-electron chi connectivity index (χ4n) is 3.68. The number of nitrogens with two attached hydrogens (primary N) is 1. The average Bonchev–Trinajstić information content (AvgIpc) is 3.29. The van der Waals surface area contributed by atoms with Crippen LogP contribution in [0, 0.1) is 12.7 Å². The van der Waals surface area contributed by atoms with Gasteiger partial charge in [-0.1, -0.05) is 6.07 Å². The molecule has 2 heterocycles. The van der Waals surface area contributed by atoms with Gasteiger partial charge in [0.05, 0.1) is 33.3 Å². The third-order valence-corrected chi connectivity index (χ3v) is 6.21. The molecule has 0 aliphatic carbocycles. The zero-order valence-electron chi connectivity index (χ0n) is 17.7. The van der Waals surface area contributed by atoms with Gasteiger partial charge in [-0.3, -0.25) is 9.78 Å². The monoisotopic (exact) mass is 454 g/mol. The van der Waals surface area contributed by atoms with Crippen LogP contribution in [-0.4, -0.2) is 15.9 Å². The predicted molar refractivity (Wildman–Crippen MR) is 131 cm³/mol. The van der Waals surface area contributed by atoms with Crippen molar-refractivity contribution in [1.29, 1.82) is 0 Å². The molecule has 1 amide bonds. The molecule has 2 aromatic heterocycles. The molecular weight excluding hydrogens is 435 g/mol. The minimum atomic E-state index is -0.470. The van der Waals surface area contributed by atoms with Crippen LogP contribution in [0.3, 0.4) is 0 Å². The maximum absolute atomic E-state index is 13.9. The number of nitrogens with zero attached hydrogens (tertiary/aromatic N) is 2. The van der Waals surface area contributed by atoms with Crippen LogP contribution < -0.4 is 11.1 Å². The number of hydrogen-bond acceptors (Lipinski definition) is 5. The number of hydrogen-bond donors (Lipinski definition) is 2. The summed E-state index contributed by atoms with van der Waals surface area (Å²) in [6.07, 6.45) is 1.74. The Kier molecular flexibility index (Phi) is 5.32. The van der Waals surface area contributed by atoms with E-state index in [0.29, 0.717) is 11.1 Å². The van der Waals surface area contributed by atoms with E-state index in [-0.39, 0.29) is 5.82 Å². The summed E-state index contributed by atoms with van der Waals surface area (Å²) in [6, 6.07) is 20.1. The predicted octanol–water partition coefficient (Wildman–Crippen LogP) is 6.32. The number of halogens is 1. The first-order chi connectivity index (χ1) is 16.0. The van der Waals surface area contributed by atoms with Gasteiger partial charge in [-0.15, -0.1) is 11.3 Å². The zero-order chi connectivity index (χ0) is 22.9. The lowest BCUT2D eigenvalue weighted by Gasteiger charge is -2.14. The van der Waals surface area contributed by atoms with Gasteiger partial charge in [0.25, 0.3) is 0 Å². The summed E-state index contributed by atoms with van der Waals surface area (Å²) in [7, 11) is 0. The molecule has 0 fully saturated rings. The first kappa shape index (κ1) is 20.8. The minimum absolute atomic E-state index is 0.246. The van der Waals surface area contributed by atoms with E-state index in [9.17, 15) is 9.18 Å². The van der Waals surface area contributed by atoms with Gasteiger partial charge in [-0.25, -0.2) is 9.37 Å². The summed E-state index contributed by atoms with van der Waals surface area (Å²) in [5.74, 6) is -0.716. The molecule has 3 aromatic carbocycles. The third kappa shape index (κ3) is 4.18. The molecule has 0 atom stereocenters. The molecule has 0 aliphatic heterocycles. The van der Waals surface area contributed by atoms with Gasteiger partial charge >= 0.3 is 0 Å². The van der Waals surface area contributed by atoms with E-state index in [1.54, 1.807) is 54.8 Å². The van der Waals surface area contributed by atoms with Crippen molar-refractivity contribution in [2.24, 2.45) is 5.73 Å². The first-order valence-corrected chi connectivity index (χ1v) is 11.1. The average molecular weight is 455 g/mol. The quantitative estimate of drug-likeness (QED) is 0.326. The van der Waals surface area contributed by atoms with Crippen molar-refractivity contribution in [2.75, 3.05) is 5.32 Å². The summed E-state index contributed by atoms with van der Waals surface area (Å²) < 4.78 is 15.0. The second-order valence-corrected chi connectivity index (χ2v) is 8.57. The van der Waals surface area contributed by atoms with E-state index >= 15 is 0 Å². The van der Waals surface area contributed by atoms with E-state index < -0.39 is 5.91 Å². The number of primary amides is 1. The molecule has 33 heavy (non-hydrogen) atoms. The lowest BCUT2D eigenvalue weighted by Crippen LogP contribution is -2.10. The molecular formula is C26H19FN4OS. The second-order valence-electron chi connectivity index (χ2n) is 7.69. The van der Waals surface area contributed by atoms with Crippen LogP contribution in [0.1, 0.15) is 15.9 Å². The van der Waals surface area contributed by atoms with Crippen LogP contribution in [0.5, 0.6) is 0 Å². The van der Waals surface area contributed by atoms with Crippen molar-refractivity contribution >= 4 is 38.8 Å². The number of aromatic nitrogens is 2. The number of benzene rings is 3. The Morgan fingerprint density at radius 3 is 2.48 bits per heavy atom. The van der Waals surface area contributed by atoms with Gasteiger partial charge in [-0.05, 0) is 78.7 Å². The molecule has 0 saturated carbocycles. The Morgan fingerprint density at radius 1 is 0.939 bits per heavy atom. The summed E-state index contributed by atoms with van der Waals surface area (Å²) in [5.41, 5.74) is 14.2. The highest BCUT2D eigenvalue weighted by Crippen LogP contribution is 2.35. The topological polar surface area (TPSA) is 80.9 Å². The zero-order valence-corrected chi connectivity index (χ0v) is 18.5. The smallest absolute Gasteiger partial charge is 0.248 e. The van der Waals surface area contributed by atoms with E-state index in [0.717, 1.165) is 44.0 Å². The molecule has 162 valence electrons. The highest BCUT2D eigenvalue weighted by molar-refractivity contribution is 7.16. The molecule has 0 saturated heterocycles. The molecule has 0 radical (unpaired) electrons. The van der Waals surface area contributed by atoms with Crippen molar-refractivity contribution in [3.05, 3.63) is 95.4 Å². The molecule has 5 nitrogen and oxygen atoms in total. The number of carbonyl (C=O) groups is 1. The van der Waals surface area contributed by atoms with Crippen LogP contribution in [0.4, 0.5) is 15.8 Å². The molecule has 0 aliphatic rings. The fraction of sp³-hybridized carbons (Fsp3) is 0.0385. The number of thiazole rings is 1. The highest BCUT2D eigenvalue weighted by Gasteiger charge is 2.13. The van der Waals surface area contributed by atoms with Crippen molar-refractivity contribution in [3.63, 3.8) is 0 Å². The highest BCUT2D eigenvalue weighted by atomic mass is 32.1. The number of pyridine rings is 1. The third-order valence-electron chi connectivity index (χ3n) is 5.42. The van der Waals surface area contributed by atoms with Gasteiger partial charge in [0.1, 0.15) is 5.82 Å². The van der Waals surface area contributed by atoms with Gasteiger partial charge < -0.3 is 11.1 Å². The Labute approximate surface area is 193 Å². The lowest BCUT2D eigenvalue weighted by molar-refractivity contribution is 0.100. The molecule has 3 N–H and O–H groups in total. The van der Waals surface area contributed by atoms with Crippen molar-refractivity contribution in [2.45, 2.75) is 6.92 Å². The molecule has 5 rings (SSSR count). The van der Waals surface area contributed by atoms with E-state index in [1.165, 1.54) is 6.07 Å². The maximum Gasteiger partial charge on any atom is 0.248 e. The number of amides is 1. The number of carbonyl (C=O) groups excluding carboxylic acids is 1. The Morgan fingerprint density at radius 2 is 1.73 bits per heavy atom. The number of anilines is 2. The van der Waals surface area contributed by atoms with Crippen molar-refractivity contribution in [3.8, 4) is 22.4 Å². The van der Waals surface area contributed by atoms with Crippen LogP contribution in [0.15, 0.2) is 78.4 Å². The van der Waals surface area contributed by atoms with Crippen LogP contribution in [0.25, 0.3) is 32.6 Å². The number of aryl methyl sites for hydroxylation is 1. The van der Waals surface area contributed by atoms with Crippen LogP contribution >= 0.6 is 11.3 Å². The molecule has 0 bridgehead atoms. The summed E-state index contributed by atoms with van der Waals surface area (Å²) in [6.45, 7) is 1.74. The maximum atomic E-state index is 13.9. The number of rotatable bonds is 5. The lowest BCUT2D eigenvalue weighted by atomic mass is 9.97. The number of nitrogens with one attached hydrogen (secondary N) is 1. The molecule has 0 unspecified atom stereocenters. The SMILES string of the molecule is Cc1cc(-c2ncc(Nc3ccc(C(N)=O)cc3)cc2-c2ccc3ncsc3c2)ccc1F. The van der Waals surface area contributed by atoms with E-state index in [4.69, 9.17) is 10.7 Å². The molecule has 7 heteroatoms. The van der Waals surface area contributed by atoms with E-state index in [1.807, 2.05) is 29.8 Å². The van der Waals surface area contributed by atoms with Gasteiger partial charge in [0, 0.05) is 22.4 Å². The largest absolute Gasteiger partial charge is 0.366 e. The summed E-state index contributed by atoms with van der Waals surface area (Å²) in [5, 5.41) is 3.33. The Balaban J connectivity index is 1.60. The van der Waals surface area contributed by atoms with Crippen molar-refractivity contribution in [1.82, 2.24) is 9.97 Å². The fourth-order valence-corrected chi connectivity index (χ4v) is 4.40. The molecule has 0 spiro atoms. The summed E-state index contributed by atoms with van der Waals surface area (Å²) in [4.78, 5) is 20.4.